The van der Waals surface area contributed by atoms with Crippen LogP contribution in [0.2, 0.25) is 0 Å². The van der Waals surface area contributed by atoms with Crippen molar-refractivity contribution in [3.05, 3.63) is 153 Å². The van der Waals surface area contributed by atoms with Crippen LogP contribution in [0, 0.1) is 6.92 Å². The average molecular weight is 879 g/mol. The Balaban J connectivity index is 1.31. The Labute approximate surface area is 357 Å². The number of thioether (sulfide) groups is 1. The van der Waals surface area contributed by atoms with Crippen molar-refractivity contribution in [2.45, 2.75) is 50.2 Å². The quantitative estimate of drug-likeness (QED) is 0.0277. The van der Waals surface area contributed by atoms with Gasteiger partial charge in [-0.1, -0.05) is 71.6 Å². The molecule has 0 spiro atoms. The highest BCUT2D eigenvalue weighted by Gasteiger charge is 2.33. The van der Waals surface area contributed by atoms with Gasteiger partial charge in [0.25, 0.3) is 5.01 Å². The molecule has 0 saturated heterocycles. The minimum atomic E-state index is -4.49. The van der Waals surface area contributed by atoms with E-state index in [0.717, 1.165) is 109 Å². The second-order valence-corrected chi connectivity index (χ2v) is 17.2. The Hall–Kier alpha value is -4.07. The number of aromatic nitrogens is 1. The van der Waals surface area contributed by atoms with Crippen molar-refractivity contribution < 1.29 is 47.0 Å². The number of para-hydroxylation sites is 2. The largest absolute Gasteiger partial charge is 0.691 e. The molecule has 0 amide bonds. The van der Waals surface area contributed by atoms with Crippen LogP contribution in [-0.4, -0.2) is 18.1 Å². The first kappa shape index (κ1) is 43.0. The van der Waals surface area contributed by atoms with Gasteiger partial charge in [0.05, 0.1) is 22.0 Å². The van der Waals surface area contributed by atoms with Gasteiger partial charge >= 0.3 is 6.18 Å². The number of hydrogen-bond donors (Lipinski definition) is 0. The Kier molecular flexibility index (Phi) is 14.9. The number of allylic oxidation sites excluding steroid dienone is 5. The van der Waals surface area contributed by atoms with E-state index in [2.05, 4.69) is 96.2 Å². The molecule has 308 valence electrons. The summed E-state index contributed by atoms with van der Waals surface area (Å²) in [4.78, 5) is 5.74. The van der Waals surface area contributed by atoms with Crippen molar-refractivity contribution in [2.75, 3.05) is 27.9 Å². The summed E-state index contributed by atoms with van der Waals surface area (Å²) in [6.45, 7) is 3.19. The number of anilines is 3. The Morgan fingerprint density at radius 1 is 0.831 bits per heavy atom. The molecule has 1 aromatic heterocycles. The Morgan fingerprint density at radius 3 is 2.20 bits per heavy atom. The average Bonchev–Trinajstić information content (AvgIpc) is 3.92. The van der Waals surface area contributed by atoms with Crippen molar-refractivity contribution in [2.24, 2.45) is 0 Å². The number of halogens is 3. The zero-order chi connectivity index (χ0) is 41.2. The van der Waals surface area contributed by atoms with E-state index in [1.165, 1.54) is 23.5 Å². The van der Waals surface area contributed by atoms with Crippen LogP contribution >= 0.6 is 47.2 Å². The third-order valence-corrected chi connectivity index (χ3v) is 13.2. The van der Waals surface area contributed by atoms with Gasteiger partial charge in [-0.25, -0.2) is 0 Å². The van der Waals surface area contributed by atoms with Crippen molar-refractivity contribution in [3.8, 4) is 0 Å². The normalized spacial score (nSPS) is 15.8. The Bertz CT molecular complexity index is 2300. The summed E-state index contributed by atoms with van der Waals surface area (Å²) in [5, 5.41) is 29.5. The number of fused-ring (bicyclic) bond motifs is 2. The minimum Gasteiger partial charge on any atom is -0.691 e. The highest BCUT2D eigenvalue weighted by atomic mass is 32.2. The van der Waals surface area contributed by atoms with Crippen LogP contribution < -0.4 is 24.9 Å². The van der Waals surface area contributed by atoms with Crippen molar-refractivity contribution in [1.29, 1.82) is 0 Å². The van der Waals surface area contributed by atoms with Gasteiger partial charge in [0.2, 0.25) is 5.52 Å². The van der Waals surface area contributed by atoms with Crippen molar-refractivity contribution >= 4 is 80.5 Å². The van der Waals surface area contributed by atoms with Crippen LogP contribution in [0.3, 0.4) is 0 Å². The molecular formula is C43H39F3N3O6S4-. The summed E-state index contributed by atoms with van der Waals surface area (Å²) in [5.41, 5.74) is 7.27. The number of hydrogen-bond acceptors (Lipinski definition) is 12. The van der Waals surface area contributed by atoms with Gasteiger partial charge in [-0.3, -0.25) is 10.1 Å². The van der Waals surface area contributed by atoms with Gasteiger partial charge in [-0.15, -0.1) is 0 Å². The molecule has 1 aliphatic heterocycles. The van der Waals surface area contributed by atoms with E-state index >= 15 is 0 Å². The molecule has 0 saturated carbocycles. The predicted molar refractivity (Wildman–Crippen MR) is 226 cm³/mol. The number of thiazole rings is 1. The third-order valence-electron chi connectivity index (χ3n) is 9.69. The molecule has 4 aromatic carbocycles. The van der Waals surface area contributed by atoms with Crippen LogP contribution in [0.15, 0.2) is 142 Å². The molecular weight excluding hydrogens is 840 g/mol. The lowest BCUT2D eigenvalue weighted by atomic mass is 10.1. The summed E-state index contributed by atoms with van der Waals surface area (Å²) in [5.74, 6) is 0.985. The maximum atomic E-state index is 13.9. The summed E-state index contributed by atoms with van der Waals surface area (Å²) in [6, 6.07) is 30.7. The molecule has 0 radical (unpaired) electrons. The SMILES string of the molecule is Cc1ccc2c(c1)N(CCCSOO[O-])/C(=C/C=C1\CCC(/C=C/c3sc4ccc(C(F)(F)F)cc4[n+]3CCCSOO[O-])=C1N(c1ccccc1)c1ccccc1)S2. The molecule has 0 atom stereocenters. The molecule has 0 unspecified atom stereocenters. The molecule has 0 bridgehead atoms. The van der Waals surface area contributed by atoms with Gasteiger partial charge in [0, 0.05) is 77.0 Å². The number of aryl methyl sites for hydroxylation is 2. The second-order valence-electron chi connectivity index (χ2n) is 13.5. The van der Waals surface area contributed by atoms with E-state index < -0.39 is 11.7 Å². The van der Waals surface area contributed by atoms with E-state index in [4.69, 9.17) is 0 Å². The summed E-state index contributed by atoms with van der Waals surface area (Å²) in [7, 11) is 0. The zero-order valence-electron chi connectivity index (χ0n) is 31.8. The summed E-state index contributed by atoms with van der Waals surface area (Å²) in [6.07, 6.45) is 6.76. The number of benzene rings is 4. The fraction of sp³-hybridized carbons (Fsp3) is 0.233. The maximum absolute atomic E-state index is 13.9. The molecule has 7 rings (SSSR count). The lowest BCUT2D eigenvalue weighted by Crippen LogP contribution is -2.35. The van der Waals surface area contributed by atoms with Gasteiger partial charge in [0.15, 0.2) is 6.54 Å². The van der Waals surface area contributed by atoms with Gasteiger partial charge in [-0.05, 0) is 104 Å². The number of rotatable bonds is 18. The van der Waals surface area contributed by atoms with Gasteiger partial charge < -0.3 is 20.3 Å². The maximum Gasteiger partial charge on any atom is 0.416 e. The fourth-order valence-electron chi connectivity index (χ4n) is 7.10. The highest BCUT2D eigenvalue weighted by Crippen LogP contribution is 2.47. The van der Waals surface area contributed by atoms with Gasteiger partial charge in [0.1, 0.15) is 4.70 Å². The molecule has 9 nitrogen and oxygen atoms in total. The molecule has 2 heterocycles. The van der Waals surface area contributed by atoms with Crippen LogP contribution in [0.4, 0.5) is 30.2 Å². The second kappa shape index (κ2) is 20.5. The molecule has 1 aliphatic carbocycles. The van der Waals surface area contributed by atoms with Crippen LogP contribution in [0.5, 0.6) is 0 Å². The van der Waals surface area contributed by atoms with Gasteiger partial charge in [-0.2, -0.15) is 26.4 Å². The molecule has 59 heavy (non-hydrogen) atoms. The smallest absolute Gasteiger partial charge is 0.416 e. The number of nitrogens with zero attached hydrogens (tertiary/aromatic N) is 3. The van der Waals surface area contributed by atoms with E-state index in [0.29, 0.717) is 36.5 Å². The first-order chi connectivity index (χ1) is 28.7. The van der Waals surface area contributed by atoms with E-state index in [9.17, 15) is 23.7 Å². The molecule has 0 N–H and O–H groups in total. The number of alkyl halides is 3. The molecule has 16 heteroatoms. The standard InChI is InChI=1S/C43H40F3N3O6S4/c1-30-14-20-38-36(28-30)47(24-8-26-56-54-52-50)40(58-38)22-17-31-15-16-32(42(31)49(34-10-4-2-5-11-34)35-12-6-3-7-13-35)18-23-41-48(25-9-27-57-55-53-51)37-29-33(43(44,45)46)19-21-39(37)59-41/h2-7,10-14,17-23,28-29H,8-9,15-16,24-27H2,1H3,(H-,50,51)/p-1. The first-order valence-corrected chi connectivity index (χ1v) is 22.2. The monoisotopic (exact) mass is 878 g/mol. The van der Waals surface area contributed by atoms with E-state index in [1.54, 1.807) is 11.8 Å². The topological polar surface area (TPSA) is 93.4 Å². The van der Waals surface area contributed by atoms with E-state index in [-0.39, 0.29) is 0 Å². The lowest BCUT2D eigenvalue weighted by molar-refractivity contribution is -0.777. The molecule has 5 aromatic rings. The van der Waals surface area contributed by atoms with Crippen LogP contribution in [0.1, 0.15) is 41.8 Å². The summed E-state index contributed by atoms with van der Waals surface area (Å²) >= 11 is 4.98. The van der Waals surface area contributed by atoms with Crippen molar-refractivity contribution in [1.82, 2.24) is 0 Å². The zero-order valence-corrected chi connectivity index (χ0v) is 35.0. The molecule has 2 aliphatic rings. The van der Waals surface area contributed by atoms with E-state index in [1.807, 2.05) is 47.0 Å². The third kappa shape index (κ3) is 10.6. The van der Waals surface area contributed by atoms with Crippen molar-refractivity contribution in [3.63, 3.8) is 0 Å². The Morgan fingerprint density at radius 2 is 1.53 bits per heavy atom. The van der Waals surface area contributed by atoms with Crippen LogP contribution in [0.25, 0.3) is 16.3 Å². The fourth-order valence-corrected chi connectivity index (χ4v) is 9.95. The molecule has 0 fully saturated rings. The lowest BCUT2D eigenvalue weighted by Gasteiger charge is -2.28. The van der Waals surface area contributed by atoms with Crippen LogP contribution in [-0.2, 0) is 31.5 Å². The highest BCUT2D eigenvalue weighted by molar-refractivity contribution is 8.03. The first-order valence-electron chi connectivity index (χ1n) is 18.7. The minimum absolute atomic E-state index is 0.398. The predicted octanol–water partition coefficient (Wildman–Crippen LogP) is 10.3. The summed E-state index contributed by atoms with van der Waals surface area (Å²) < 4.78 is 53.2.